The van der Waals surface area contributed by atoms with Crippen molar-refractivity contribution >= 4 is 6.21 Å². The average molecular weight is 237 g/mol. The molecule has 0 saturated carbocycles. The van der Waals surface area contributed by atoms with Crippen molar-refractivity contribution in [1.82, 2.24) is 10.2 Å². The van der Waals surface area contributed by atoms with Crippen LogP contribution in [0.1, 0.15) is 27.7 Å². The number of piperazine rings is 1. The van der Waals surface area contributed by atoms with Crippen LogP contribution in [0.2, 0.25) is 0 Å². The summed E-state index contributed by atoms with van der Waals surface area (Å²) < 4.78 is 0. The van der Waals surface area contributed by atoms with Gasteiger partial charge in [0.25, 0.3) is 0 Å². The summed E-state index contributed by atoms with van der Waals surface area (Å²) in [5, 5.41) is 3.33. The molecule has 0 aliphatic carbocycles. The summed E-state index contributed by atoms with van der Waals surface area (Å²) >= 11 is 0. The third-order valence-electron chi connectivity index (χ3n) is 2.50. The van der Waals surface area contributed by atoms with E-state index in [-0.39, 0.29) is 0 Å². The summed E-state index contributed by atoms with van der Waals surface area (Å²) in [6.45, 7) is 17.3. The summed E-state index contributed by atoms with van der Waals surface area (Å²) in [6, 6.07) is 0. The Hall–Kier alpha value is -0.930. The molecule has 0 bridgehead atoms. The van der Waals surface area contributed by atoms with Crippen molar-refractivity contribution in [3.05, 3.63) is 23.9 Å². The monoisotopic (exact) mass is 237 g/mol. The lowest BCUT2D eigenvalue weighted by atomic mass is 10.2. The summed E-state index contributed by atoms with van der Waals surface area (Å²) in [4.78, 5) is 6.70. The first kappa shape index (κ1) is 16.1. The molecule has 98 valence electrons. The highest BCUT2D eigenvalue weighted by molar-refractivity contribution is 5.78. The van der Waals surface area contributed by atoms with Gasteiger partial charge in [-0.3, -0.25) is 9.89 Å². The molecule has 0 aromatic carbocycles. The molecule has 1 fully saturated rings. The highest BCUT2D eigenvalue weighted by atomic mass is 15.2. The molecule has 0 unspecified atom stereocenters. The van der Waals surface area contributed by atoms with E-state index in [0.717, 1.165) is 44.0 Å². The van der Waals surface area contributed by atoms with Gasteiger partial charge >= 0.3 is 0 Å². The van der Waals surface area contributed by atoms with Crippen LogP contribution in [-0.2, 0) is 0 Å². The minimum atomic E-state index is 0.933. The van der Waals surface area contributed by atoms with Crippen LogP contribution in [0.5, 0.6) is 0 Å². The first-order chi connectivity index (χ1) is 8.22. The van der Waals surface area contributed by atoms with Gasteiger partial charge in [-0.15, -0.1) is 0 Å². The second-order valence-electron chi connectivity index (χ2n) is 3.87. The predicted molar refractivity (Wildman–Crippen MR) is 77.7 cm³/mol. The van der Waals surface area contributed by atoms with Crippen LogP contribution >= 0.6 is 0 Å². The Morgan fingerprint density at radius 3 is 2.47 bits per heavy atom. The fourth-order valence-corrected chi connectivity index (χ4v) is 1.46. The van der Waals surface area contributed by atoms with E-state index in [1.165, 1.54) is 0 Å². The van der Waals surface area contributed by atoms with E-state index in [2.05, 4.69) is 21.8 Å². The standard InChI is InChI=1S/C12H21N3.C2H6/c1-4-12(3)14-9-11(2)10-15-7-5-13-6-8-15;1-2/h4,9,13H,2,5-8,10H2,1,3H3;1-2H3/b12-4-,14-9?;. The Morgan fingerprint density at radius 2 is 1.94 bits per heavy atom. The molecule has 1 aliphatic heterocycles. The molecule has 3 heteroatoms. The number of nitrogens with one attached hydrogen (secondary N) is 1. The van der Waals surface area contributed by atoms with Gasteiger partial charge < -0.3 is 5.32 Å². The van der Waals surface area contributed by atoms with E-state index >= 15 is 0 Å². The Morgan fingerprint density at radius 1 is 1.35 bits per heavy atom. The Bertz CT molecular complexity index is 261. The fourth-order valence-electron chi connectivity index (χ4n) is 1.46. The molecule has 0 amide bonds. The summed E-state index contributed by atoms with van der Waals surface area (Å²) in [5.74, 6) is 0. The van der Waals surface area contributed by atoms with E-state index in [1.54, 1.807) is 0 Å². The number of rotatable bonds is 4. The normalized spacial score (nSPS) is 17.8. The van der Waals surface area contributed by atoms with Crippen molar-refractivity contribution in [3.8, 4) is 0 Å². The highest BCUT2D eigenvalue weighted by Gasteiger charge is 2.08. The van der Waals surface area contributed by atoms with Crippen LogP contribution in [0.15, 0.2) is 28.9 Å². The first-order valence-corrected chi connectivity index (χ1v) is 6.50. The van der Waals surface area contributed by atoms with Crippen LogP contribution in [0, 0.1) is 0 Å². The van der Waals surface area contributed by atoms with Gasteiger partial charge in [-0.2, -0.15) is 0 Å². The molecule has 1 heterocycles. The van der Waals surface area contributed by atoms with Crippen LogP contribution in [0.4, 0.5) is 0 Å². The molecule has 1 saturated heterocycles. The zero-order valence-electron chi connectivity index (χ0n) is 11.8. The van der Waals surface area contributed by atoms with Gasteiger partial charge in [-0.25, -0.2) is 0 Å². The maximum atomic E-state index is 4.30. The quantitative estimate of drug-likeness (QED) is 0.761. The Labute approximate surface area is 106 Å². The maximum Gasteiger partial charge on any atom is 0.0330 e. The molecular formula is C14H27N3. The third-order valence-corrected chi connectivity index (χ3v) is 2.50. The third kappa shape index (κ3) is 7.88. The smallest absolute Gasteiger partial charge is 0.0330 e. The molecule has 0 aromatic heterocycles. The van der Waals surface area contributed by atoms with Crippen molar-refractivity contribution in [2.75, 3.05) is 32.7 Å². The van der Waals surface area contributed by atoms with Crippen LogP contribution in [0.25, 0.3) is 0 Å². The molecular weight excluding hydrogens is 210 g/mol. The minimum absolute atomic E-state index is 0.933. The molecule has 1 N–H and O–H groups in total. The number of hydrogen-bond acceptors (Lipinski definition) is 3. The van der Waals surface area contributed by atoms with E-state index in [1.807, 2.05) is 40.0 Å². The van der Waals surface area contributed by atoms with Gasteiger partial charge in [0.05, 0.1) is 0 Å². The first-order valence-electron chi connectivity index (χ1n) is 6.50. The number of aliphatic imine (C=N–C) groups is 1. The average Bonchev–Trinajstić information content (AvgIpc) is 2.39. The summed E-state index contributed by atoms with van der Waals surface area (Å²) in [6.07, 6.45) is 3.87. The molecule has 0 aromatic rings. The van der Waals surface area contributed by atoms with Crippen LogP contribution in [-0.4, -0.2) is 43.8 Å². The SMILES string of the molecule is C=C(C=N/C(C)=C\C)CN1CCNCC1.CC. The summed E-state index contributed by atoms with van der Waals surface area (Å²) in [5.41, 5.74) is 2.12. The van der Waals surface area contributed by atoms with Gasteiger partial charge in [0.2, 0.25) is 0 Å². The van der Waals surface area contributed by atoms with Gasteiger partial charge in [0.1, 0.15) is 0 Å². The lowest BCUT2D eigenvalue weighted by Gasteiger charge is -2.27. The molecule has 0 radical (unpaired) electrons. The summed E-state index contributed by atoms with van der Waals surface area (Å²) in [7, 11) is 0. The zero-order chi connectivity index (χ0) is 13.1. The lowest BCUT2D eigenvalue weighted by molar-refractivity contribution is 0.262. The van der Waals surface area contributed by atoms with Crippen molar-refractivity contribution < 1.29 is 0 Å². The molecule has 1 rings (SSSR count). The molecule has 0 atom stereocenters. The Kier molecular flexibility index (Phi) is 9.68. The van der Waals surface area contributed by atoms with E-state index in [0.29, 0.717) is 0 Å². The van der Waals surface area contributed by atoms with Crippen molar-refractivity contribution in [1.29, 1.82) is 0 Å². The zero-order valence-corrected chi connectivity index (χ0v) is 11.8. The van der Waals surface area contributed by atoms with Crippen molar-refractivity contribution in [3.63, 3.8) is 0 Å². The second-order valence-corrected chi connectivity index (χ2v) is 3.87. The van der Waals surface area contributed by atoms with Gasteiger partial charge in [-0.05, 0) is 19.4 Å². The van der Waals surface area contributed by atoms with Crippen molar-refractivity contribution in [2.24, 2.45) is 4.99 Å². The van der Waals surface area contributed by atoms with E-state index < -0.39 is 0 Å². The fraction of sp³-hybridized carbons (Fsp3) is 0.643. The maximum absolute atomic E-state index is 4.30. The number of nitrogens with zero attached hydrogens (tertiary/aromatic N) is 2. The molecule has 0 spiro atoms. The number of hydrogen-bond donors (Lipinski definition) is 1. The van der Waals surface area contributed by atoms with Gasteiger partial charge in [0.15, 0.2) is 0 Å². The molecule has 1 aliphatic rings. The van der Waals surface area contributed by atoms with Crippen molar-refractivity contribution in [2.45, 2.75) is 27.7 Å². The van der Waals surface area contributed by atoms with Gasteiger partial charge in [-0.1, -0.05) is 26.5 Å². The Balaban J connectivity index is 0.00000121. The minimum Gasteiger partial charge on any atom is -0.314 e. The topological polar surface area (TPSA) is 27.6 Å². The van der Waals surface area contributed by atoms with Crippen LogP contribution in [0.3, 0.4) is 0 Å². The lowest BCUT2D eigenvalue weighted by Crippen LogP contribution is -2.44. The van der Waals surface area contributed by atoms with E-state index in [9.17, 15) is 0 Å². The van der Waals surface area contributed by atoms with E-state index in [4.69, 9.17) is 0 Å². The molecule has 3 nitrogen and oxygen atoms in total. The number of allylic oxidation sites excluding steroid dienone is 2. The van der Waals surface area contributed by atoms with Gasteiger partial charge in [0, 0.05) is 44.6 Å². The van der Waals surface area contributed by atoms with Crippen LogP contribution < -0.4 is 5.32 Å². The highest BCUT2D eigenvalue weighted by Crippen LogP contribution is 1.99. The molecule has 17 heavy (non-hydrogen) atoms. The largest absolute Gasteiger partial charge is 0.314 e. The predicted octanol–water partition coefficient (Wildman–Crippen LogP) is 2.47. The second kappa shape index (κ2) is 10.2.